The molecule has 1 fully saturated rings. The summed E-state index contributed by atoms with van der Waals surface area (Å²) in [5.74, 6) is 0. The highest BCUT2D eigenvalue weighted by Crippen LogP contribution is 2.27. The summed E-state index contributed by atoms with van der Waals surface area (Å²) in [6.45, 7) is 2.98. The van der Waals surface area contributed by atoms with Gasteiger partial charge in [0.15, 0.2) is 0 Å². The van der Waals surface area contributed by atoms with Gasteiger partial charge in [-0.05, 0) is 43.0 Å². The van der Waals surface area contributed by atoms with Crippen molar-refractivity contribution in [1.82, 2.24) is 9.78 Å². The van der Waals surface area contributed by atoms with E-state index < -0.39 is 0 Å². The normalized spacial score (nSPS) is 16.0. The van der Waals surface area contributed by atoms with Crippen molar-refractivity contribution >= 4 is 5.69 Å². The lowest BCUT2D eigenvalue weighted by Gasteiger charge is -2.21. The number of aromatic nitrogens is 2. The molecule has 0 amide bonds. The van der Waals surface area contributed by atoms with Gasteiger partial charge >= 0.3 is 0 Å². The second-order valence-corrected chi connectivity index (χ2v) is 5.98. The van der Waals surface area contributed by atoms with Gasteiger partial charge in [0.2, 0.25) is 0 Å². The predicted octanol–water partition coefficient (Wildman–Crippen LogP) is 4.56. The highest BCUT2D eigenvalue weighted by atomic mass is 15.3. The van der Waals surface area contributed by atoms with Crippen LogP contribution in [0.15, 0.2) is 36.5 Å². The van der Waals surface area contributed by atoms with E-state index in [1.165, 1.54) is 43.4 Å². The third-order valence-electron chi connectivity index (χ3n) is 4.45. The van der Waals surface area contributed by atoms with Gasteiger partial charge in [-0.2, -0.15) is 5.10 Å². The Bertz CT molecular complexity index is 550. The van der Waals surface area contributed by atoms with Crippen molar-refractivity contribution < 1.29 is 0 Å². The van der Waals surface area contributed by atoms with Crippen LogP contribution < -0.4 is 5.32 Å². The Morgan fingerprint density at radius 1 is 1.10 bits per heavy atom. The average molecular weight is 283 g/mol. The number of nitrogens with zero attached hydrogens (tertiary/aromatic N) is 2. The largest absolute Gasteiger partial charge is 0.379 e. The fourth-order valence-corrected chi connectivity index (χ4v) is 3.07. The minimum atomic E-state index is 0.622. The molecular weight excluding hydrogens is 258 g/mol. The fourth-order valence-electron chi connectivity index (χ4n) is 3.07. The zero-order chi connectivity index (χ0) is 14.5. The molecule has 0 bridgehead atoms. The van der Waals surface area contributed by atoms with Crippen LogP contribution in [0.1, 0.15) is 56.3 Å². The fraction of sp³-hybridized carbons (Fsp3) is 0.500. The van der Waals surface area contributed by atoms with Gasteiger partial charge < -0.3 is 5.32 Å². The van der Waals surface area contributed by atoms with Crippen LogP contribution in [-0.4, -0.2) is 9.78 Å². The van der Waals surface area contributed by atoms with E-state index in [-0.39, 0.29) is 0 Å². The zero-order valence-electron chi connectivity index (χ0n) is 12.9. The van der Waals surface area contributed by atoms with Crippen LogP contribution in [0.5, 0.6) is 0 Å². The van der Waals surface area contributed by atoms with Gasteiger partial charge in [0.25, 0.3) is 0 Å². The quantitative estimate of drug-likeness (QED) is 0.871. The maximum atomic E-state index is 4.74. The van der Waals surface area contributed by atoms with Crippen molar-refractivity contribution in [3.05, 3.63) is 47.8 Å². The number of anilines is 1. The van der Waals surface area contributed by atoms with Crippen LogP contribution in [0.4, 0.5) is 5.69 Å². The SMILES string of the molecule is CCc1ccc(NCc2ccn(C3CCCCC3)n2)cc1. The molecule has 2 aromatic rings. The number of hydrogen-bond donors (Lipinski definition) is 1. The summed E-state index contributed by atoms with van der Waals surface area (Å²) in [5, 5.41) is 8.19. The number of rotatable bonds is 5. The standard InChI is InChI=1S/C18H25N3/c1-2-15-8-10-16(11-9-15)19-14-17-12-13-21(20-17)18-6-4-3-5-7-18/h8-13,18-19H,2-7,14H2,1H3. The van der Waals surface area contributed by atoms with Crippen LogP contribution in [0, 0.1) is 0 Å². The maximum absolute atomic E-state index is 4.74. The lowest BCUT2D eigenvalue weighted by atomic mass is 9.96. The maximum Gasteiger partial charge on any atom is 0.0815 e. The predicted molar refractivity (Wildman–Crippen MR) is 87.5 cm³/mol. The molecule has 0 atom stereocenters. The summed E-state index contributed by atoms with van der Waals surface area (Å²) in [6.07, 6.45) is 9.89. The number of nitrogens with one attached hydrogen (secondary N) is 1. The molecular formula is C18H25N3. The Morgan fingerprint density at radius 3 is 2.57 bits per heavy atom. The summed E-state index contributed by atoms with van der Waals surface area (Å²) < 4.78 is 2.18. The molecule has 112 valence electrons. The molecule has 1 aromatic heterocycles. The molecule has 3 nitrogen and oxygen atoms in total. The second kappa shape index (κ2) is 6.79. The Balaban J connectivity index is 1.56. The lowest BCUT2D eigenvalue weighted by molar-refractivity contribution is 0.328. The van der Waals surface area contributed by atoms with Gasteiger partial charge in [-0.3, -0.25) is 4.68 Å². The van der Waals surface area contributed by atoms with Gasteiger partial charge in [0, 0.05) is 11.9 Å². The van der Waals surface area contributed by atoms with Crippen LogP contribution in [0.25, 0.3) is 0 Å². The summed E-state index contributed by atoms with van der Waals surface area (Å²) in [5.41, 5.74) is 3.67. The van der Waals surface area contributed by atoms with Crippen LogP contribution in [-0.2, 0) is 13.0 Å². The van der Waals surface area contributed by atoms with E-state index in [1.807, 2.05) is 0 Å². The summed E-state index contributed by atoms with van der Waals surface area (Å²) in [7, 11) is 0. The van der Waals surface area contributed by atoms with Crippen molar-refractivity contribution in [3.8, 4) is 0 Å². The molecule has 1 N–H and O–H groups in total. The van der Waals surface area contributed by atoms with Gasteiger partial charge in [0.1, 0.15) is 0 Å². The molecule has 1 heterocycles. The molecule has 0 aliphatic heterocycles. The van der Waals surface area contributed by atoms with Crippen molar-refractivity contribution in [1.29, 1.82) is 0 Å². The van der Waals surface area contributed by atoms with Crippen molar-refractivity contribution in [2.75, 3.05) is 5.32 Å². The molecule has 3 rings (SSSR count). The van der Waals surface area contributed by atoms with Crippen molar-refractivity contribution in [2.45, 2.75) is 58.0 Å². The molecule has 0 saturated heterocycles. The first-order chi connectivity index (χ1) is 10.3. The summed E-state index contributed by atoms with van der Waals surface area (Å²) in [6, 6.07) is 11.4. The Kier molecular flexibility index (Phi) is 4.59. The smallest absolute Gasteiger partial charge is 0.0815 e. The molecule has 1 aliphatic carbocycles. The first kappa shape index (κ1) is 14.2. The molecule has 3 heteroatoms. The topological polar surface area (TPSA) is 29.9 Å². The van der Waals surface area contributed by atoms with Crippen molar-refractivity contribution in [3.63, 3.8) is 0 Å². The van der Waals surface area contributed by atoms with Gasteiger partial charge in [-0.1, -0.05) is 38.3 Å². The van der Waals surface area contributed by atoms with E-state index in [0.29, 0.717) is 6.04 Å². The van der Waals surface area contributed by atoms with Crippen LogP contribution >= 0.6 is 0 Å². The summed E-state index contributed by atoms with van der Waals surface area (Å²) in [4.78, 5) is 0. The van der Waals surface area contributed by atoms with Crippen LogP contribution in [0.3, 0.4) is 0 Å². The number of aryl methyl sites for hydroxylation is 1. The molecule has 21 heavy (non-hydrogen) atoms. The third kappa shape index (κ3) is 3.66. The van der Waals surface area contributed by atoms with E-state index in [4.69, 9.17) is 5.10 Å². The minimum absolute atomic E-state index is 0.622. The molecule has 0 unspecified atom stereocenters. The van der Waals surface area contributed by atoms with E-state index in [9.17, 15) is 0 Å². The second-order valence-electron chi connectivity index (χ2n) is 5.98. The summed E-state index contributed by atoms with van der Waals surface area (Å²) >= 11 is 0. The highest BCUT2D eigenvalue weighted by Gasteiger charge is 2.15. The van der Waals surface area contributed by atoms with E-state index in [2.05, 4.69) is 53.5 Å². The van der Waals surface area contributed by atoms with E-state index >= 15 is 0 Å². The van der Waals surface area contributed by atoms with E-state index in [1.54, 1.807) is 0 Å². The minimum Gasteiger partial charge on any atom is -0.379 e. The van der Waals surface area contributed by atoms with Gasteiger partial charge in [0.05, 0.1) is 18.3 Å². The van der Waals surface area contributed by atoms with Gasteiger partial charge in [-0.15, -0.1) is 0 Å². The molecule has 0 radical (unpaired) electrons. The first-order valence-electron chi connectivity index (χ1n) is 8.22. The molecule has 1 aromatic carbocycles. The Morgan fingerprint density at radius 2 is 1.86 bits per heavy atom. The average Bonchev–Trinajstić information content (AvgIpc) is 3.03. The number of benzene rings is 1. The van der Waals surface area contributed by atoms with Gasteiger partial charge in [-0.25, -0.2) is 0 Å². The third-order valence-corrected chi connectivity index (χ3v) is 4.45. The molecule has 0 spiro atoms. The number of hydrogen-bond acceptors (Lipinski definition) is 2. The zero-order valence-corrected chi connectivity index (χ0v) is 12.9. The first-order valence-corrected chi connectivity index (χ1v) is 8.22. The lowest BCUT2D eigenvalue weighted by Crippen LogP contribution is -2.13. The monoisotopic (exact) mass is 283 g/mol. The highest BCUT2D eigenvalue weighted by molar-refractivity contribution is 5.44. The Hall–Kier alpha value is -1.77. The van der Waals surface area contributed by atoms with Crippen molar-refractivity contribution in [2.24, 2.45) is 0 Å². The Labute approximate surface area is 127 Å². The molecule has 1 aliphatic rings. The molecule has 1 saturated carbocycles. The van der Waals surface area contributed by atoms with Crippen LogP contribution in [0.2, 0.25) is 0 Å². The van der Waals surface area contributed by atoms with E-state index in [0.717, 1.165) is 18.7 Å².